The van der Waals surface area contributed by atoms with E-state index in [4.69, 9.17) is 17.3 Å². The molecule has 0 unspecified atom stereocenters. The monoisotopic (exact) mass is 398 g/mol. The smallest absolute Gasteiger partial charge is 0.335 e. The topological polar surface area (TPSA) is 81.4 Å². The van der Waals surface area contributed by atoms with Crippen LogP contribution in [0.3, 0.4) is 0 Å². The van der Waals surface area contributed by atoms with E-state index in [1.54, 1.807) is 6.08 Å². The van der Waals surface area contributed by atoms with Gasteiger partial charge in [0.2, 0.25) is 0 Å². The first-order valence-corrected chi connectivity index (χ1v) is 9.36. The fourth-order valence-electron chi connectivity index (χ4n) is 2.22. The van der Waals surface area contributed by atoms with Crippen molar-refractivity contribution < 1.29 is 14.7 Å². The Morgan fingerprint density at radius 1 is 1.27 bits per heavy atom. The molecular weight excluding hydrogens is 388 g/mol. The van der Waals surface area contributed by atoms with Gasteiger partial charge >= 0.3 is 5.97 Å². The quantitative estimate of drug-likeness (QED) is 0.470. The van der Waals surface area contributed by atoms with Gasteiger partial charge in [-0.25, -0.2) is 4.79 Å². The molecule has 1 aliphatic heterocycles. The maximum atomic E-state index is 12.7. The van der Waals surface area contributed by atoms with Crippen molar-refractivity contribution in [2.75, 3.05) is 4.90 Å². The van der Waals surface area contributed by atoms with Gasteiger partial charge in [-0.05, 0) is 47.9 Å². The summed E-state index contributed by atoms with van der Waals surface area (Å²) in [6, 6.07) is 11.7. The van der Waals surface area contributed by atoms with Crippen molar-refractivity contribution in [2.45, 2.75) is 0 Å². The van der Waals surface area contributed by atoms with E-state index in [9.17, 15) is 14.9 Å². The van der Waals surface area contributed by atoms with Crippen LogP contribution in [0, 0.1) is 11.3 Å². The Hall–Kier alpha value is -2.73. The molecule has 1 aromatic carbocycles. The van der Waals surface area contributed by atoms with Crippen molar-refractivity contribution in [2.24, 2.45) is 0 Å². The van der Waals surface area contributed by atoms with Gasteiger partial charge in [0.25, 0.3) is 5.91 Å². The number of carbonyl (C=O) groups is 2. The summed E-state index contributed by atoms with van der Waals surface area (Å²) in [7, 11) is 0. The summed E-state index contributed by atoms with van der Waals surface area (Å²) in [4.78, 5) is 26.2. The molecule has 1 saturated heterocycles. The first-order valence-electron chi connectivity index (χ1n) is 7.26. The van der Waals surface area contributed by atoms with Crippen LogP contribution in [0.5, 0.6) is 0 Å². The highest BCUT2D eigenvalue weighted by Gasteiger charge is 2.33. The molecule has 1 aliphatic rings. The Balaban J connectivity index is 1.89. The first-order chi connectivity index (χ1) is 12.5. The minimum Gasteiger partial charge on any atom is -0.478 e. The van der Waals surface area contributed by atoms with Crippen LogP contribution in [0.2, 0.25) is 0 Å². The maximum Gasteiger partial charge on any atom is 0.335 e. The van der Waals surface area contributed by atoms with E-state index < -0.39 is 5.97 Å². The number of carbonyl (C=O) groups excluding carboxylic acids is 1. The molecule has 2 heterocycles. The number of thioether (sulfide) groups is 1. The van der Waals surface area contributed by atoms with Gasteiger partial charge in [-0.3, -0.25) is 9.69 Å². The number of nitrogens with zero attached hydrogens (tertiary/aromatic N) is 2. The summed E-state index contributed by atoms with van der Waals surface area (Å²) in [5.41, 5.74) is 0.969. The number of thiophene rings is 1. The van der Waals surface area contributed by atoms with E-state index in [0.717, 1.165) is 16.6 Å². The zero-order chi connectivity index (χ0) is 18.7. The van der Waals surface area contributed by atoms with Gasteiger partial charge in [0.15, 0.2) is 4.32 Å². The van der Waals surface area contributed by atoms with Gasteiger partial charge in [0, 0.05) is 4.88 Å². The highest BCUT2D eigenvalue weighted by molar-refractivity contribution is 8.27. The molecule has 1 fully saturated rings. The fourth-order valence-corrected chi connectivity index (χ4v) is 4.17. The summed E-state index contributed by atoms with van der Waals surface area (Å²) < 4.78 is 0.331. The second-order valence-electron chi connectivity index (χ2n) is 5.10. The third-order valence-electron chi connectivity index (χ3n) is 3.42. The number of anilines is 1. The Labute approximate surface area is 162 Å². The van der Waals surface area contributed by atoms with Crippen LogP contribution < -0.4 is 4.90 Å². The van der Waals surface area contributed by atoms with Gasteiger partial charge < -0.3 is 5.11 Å². The lowest BCUT2D eigenvalue weighted by molar-refractivity contribution is -0.113. The van der Waals surface area contributed by atoms with E-state index in [1.807, 2.05) is 17.5 Å². The average Bonchev–Trinajstić information content (AvgIpc) is 3.22. The maximum absolute atomic E-state index is 12.7. The minimum atomic E-state index is -1.04. The molecule has 0 saturated carbocycles. The summed E-state index contributed by atoms with van der Waals surface area (Å²) >= 11 is 7.88. The van der Waals surface area contributed by atoms with Crippen molar-refractivity contribution in [1.29, 1.82) is 5.26 Å². The lowest BCUT2D eigenvalue weighted by atomic mass is 10.2. The highest BCUT2D eigenvalue weighted by Crippen LogP contribution is 2.35. The summed E-state index contributed by atoms with van der Waals surface area (Å²) in [5.74, 6) is -1.38. The Bertz CT molecular complexity index is 984. The van der Waals surface area contributed by atoms with Crippen molar-refractivity contribution in [3.8, 4) is 6.07 Å². The predicted molar refractivity (Wildman–Crippen MR) is 107 cm³/mol. The molecule has 3 rings (SSSR count). The number of carboxylic acid groups (broad SMARTS) is 1. The van der Waals surface area contributed by atoms with Crippen LogP contribution in [0.4, 0.5) is 5.69 Å². The molecule has 26 heavy (non-hydrogen) atoms. The predicted octanol–water partition coefficient (Wildman–Crippen LogP) is 4.30. The number of thiocarbonyl (C=S) groups is 1. The number of hydrogen-bond acceptors (Lipinski definition) is 6. The van der Waals surface area contributed by atoms with Crippen LogP contribution in [-0.4, -0.2) is 21.3 Å². The third-order valence-corrected chi connectivity index (χ3v) is 5.54. The van der Waals surface area contributed by atoms with Crippen LogP contribution in [0.25, 0.3) is 6.08 Å². The number of aromatic carboxylic acids is 1. The van der Waals surface area contributed by atoms with Crippen LogP contribution in [0.15, 0.2) is 58.3 Å². The SMILES string of the molecule is N#CC(=C\c1cccs1)/C=C1\SC(=S)N(c2ccc(C(=O)O)cc2)C1=O. The average molecular weight is 398 g/mol. The molecule has 0 spiro atoms. The number of hydrogen-bond donors (Lipinski definition) is 1. The zero-order valence-electron chi connectivity index (χ0n) is 13.1. The van der Waals surface area contributed by atoms with Crippen molar-refractivity contribution >= 4 is 63.3 Å². The zero-order valence-corrected chi connectivity index (χ0v) is 15.5. The number of amides is 1. The van der Waals surface area contributed by atoms with Gasteiger partial charge in [-0.1, -0.05) is 30.0 Å². The Morgan fingerprint density at radius 3 is 2.58 bits per heavy atom. The number of nitriles is 1. The van der Waals surface area contributed by atoms with Gasteiger partial charge in [0.05, 0.1) is 27.8 Å². The summed E-state index contributed by atoms with van der Waals surface area (Å²) in [6.45, 7) is 0. The first kappa shape index (κ1) is 18.1. The molecule has 0 atom stereocenters. The van der Waals surface area contributed by atoms with Crippen LogP contribution in [0.1, 0.15) is 15.2 Å². The number of rotatable bonds is 4. The second kappa shape index (κ2) is 7.66. The van der Waals surface area contributed by atoms with Crippen molar-refractivity contribution in [3.63, 3.8) is 0 Å². The van der Waals surface area contributed by atoms with E-state index in [1.165, 1.54) is 46.6 Å². The standard InChI is InChI=1S/C18H10N2O3S3/c19-10-11(8-14-2-1-7-25-14)9-15-16(21)20(18(24)26-15)13-5-3-12(4-6-13)17(22)23/h1-9H,(H,22,23)/b11-8-,15-9-. The van der Waals surface area contributed by atoms with Crippen molar-refractivity contribution in [1.82, 2.24) is 0 Å². The largest absolute Gasteiger partial charge is 0.478 e. The fraction of sp³-hybridized carbons (Fsp3) is 0. The molecule has 0 radical (unpaired) electrons. The lowest BCUT2D eigenvalue weighted by Gasteiger charge is -2.14. The van der Waals surface area contributed by atoms with Crippen molar-refractivity contribution in [3.05, 3.63) is 68.8 Å². The normalized spacial score (nSPS) is 16.2. The van der Waals surface area contributed by atoms with Gasteiger partial charge in [0.1, 0.15) is 0 Å². The summed E-state index contributed by atoms with van der Waals surface area (Å²) in [5, 5.41) is 20.2. The molecule has 0 bridgehead atoms. The van der Waals surface area contributed by atoms with Gasteiger partial charge in [-0.15, -0.1) is 11.3 Å². The molecule has 2 aromatic rings. The molecular formula is C18H10N2O3S3. The molecule has 0 aliphatic carbocycles. The molecule has 1 amide bonds. The van der Waals surface area contributed by atoms with Crippen LogP contribution >= 0.6 is 35.3 Å². The number of benzene rings is 1. The number of carboxylic acids is 1. The summed E-state index contributed by atoms with van der Waals surface area (Å²) in [6.07, 6.45) is 3.23. The third kappa shape index (κ3) is 3.75. The second-order valence-corrected chi connectivity index (χ2v) is 7.75. The molecule has 1 aromatic heterocycles. The van der Waals surface area contributed by atoms with E-state index >= 15 is 0 Å². The molecule has 5 nitrogen and oxygen atoms in total. The van der Waals surface area contributed by atoms with Crippen LogP contribution in [-0.2, 0) is 4.79 Å². The highest BCUT2D eigenvalue weighted by atomic mass is 32.2. The molecule has 1 N–H and O–H groups in total. The van der Waals surface area contributed by atoms with Gasteiger partial charge in [-0.2, -0.15) is 5.26 Å². The molecule has 128 valence electrons. The lowest BCUT2D eigenvalue weighted by Crippen LogP contribution is -2.27. The Kier molecular flexibility index (Phi) is 5.32. The molecule has 8 heteroatoms. The minimum absolute atomic E-state index is 0.125. The van der Waals surface area contributed by atoms with E-state index in [2.05, 4.69) is 6.07 Å². The number of allylic oxidation sites excluding steroid dienone is 2. The van der Waals surface area contributed by atoms with E-state index in [-0.39, 0.29) is 11.5 Å². The van der Waals surface area contributed by atoms with E-state index in [0.29, 0.717) is 20.5 Å². The Morgan fingerprint density at radius 2 is 2.00 bits per heavy atom.